The number of carbonyl (C=O) groups excluding carboxylic acids is 1. The van der Waals surface area contributed by atoms with Gasteiger partial charge in [0.2, 0.25) is 0 Å². The summed E-state index contributed by atoms with van der Waals surface area (Å²) in [5.74, 6) is -80.1. The van der Waals surface area contributed by atoms with Crippen molar-refractivity contribution in [1.82, 2.24) is 0 Å². The number of likely N-dealkylation sites (N-methyl/N-ethyl adjacent to an activating group) is 1. The van der Waals surface area contributed by atoms with Crippen molar-refractivity contribution in [3.8, 4) is 0 Å². The second-order valence-corrected chi connectivity index (χ2v) is 9.30. The van der Waals surface area contributed by atoms with E-state index in [2.05, 4.69) is 0 Å². The molecule has 0 aromatic heterocycles. The van der Waals surface area contributed by atoms with Crippen molar-refractivity contribution in [1.29, 1.82) is 0 Å². The molecule has 0 aromatic rings. The molecule has 25 heteroatoms. The van der Waals surface area contributed by atoms with Gasteiger partial charge in [0.25, 0.3) is 0 Å². The van der Waals surface area contributed by atoms with E-state index in [0.717, 1.165) is 0 Å². The van der Waals surface area contributed by atoms with Crippen LogP contribution in [0, 0.1) is 0 Å². The van der Waals surface area contributed by atoms with Crippen LogP contribution in [0.3, 0.4) is 0 Å². The summed E-state index contributed by atoms with van der Waals surface area (Å²) in [6.07, 6.45) is -14.4. The van der Waals surface area contributed by atoms with Crippen molar-refractivity contribution in [3.63, 3.8) is 0 Å². The Labute approximate surface area is 218 Å². The van der Waals surface area contributed by atoms with Crippen LogP contribution in [0.25, 0.3) is 0 Å². The van der Waals surface area contributed by atoms with Gasteiger partial charge in [-0.2, -0.15) is 92.2 Å². The Hall–Kier alpha value is -2.08. The normalized spacial score (nSPS) is 17.0. The van der Waals surface area contributed by atoms with Gasteiger partial charge in [-0.15, -0.1) is 0 Å². The Morgan fingerprint density at radius 2 is 0.833 bits per heavy atom. The van der Waals surface area contributed by atoms with Gasteiger partial charge in [-0.1, -0.05) is 0 Å². The van der Waals surface area contributed by atoms with Crippen LogP contribution in [0.15, 0.2) is 0 Å². The van der Waals surface area contributed by atoms with Crippen LogP contribution in [0.5, 0.6) is 0 Å². The molecule has 1 atom stereocenters. The number of hydrogen-bond acceptors (Lipinski definition) is 3. The lowest BCUT2D eigenvalue weighted by molar-refractivity contribution is -0.888. The van der Waals surface area contributed by atoms with Gasteiger partial charge in [0.1, 0.15) is 19.2 Å². The third-order valence-corrected chi connectivity index (χ3v) is 5.33. The number of carboxylic acid groups (broad SMARTS) is 1. The number of halogens is 21. The van der Waals surface area contributed by atoms with Crippen molar-refractivity contribution < 1.29 is 112 Å². The Morgan fingerprint density at radius 3 is 1.10 bits per heavy atom. The summed E-state index contributed by atoms with van der Waals surface area (Å²) in [5, 5.41) is 19.9. The molecule has 4 nitrogen and oxygen atoms in total. The highest BCUT2D eigenvalue weighted by Crippen LogP contribution is 2.66. The summed E-state index contributed by atoms with van der Waals surface area (Å²) >= 11 is 0. The first-order chi connectivity index (χ1) is 17.8. The number of rotatable bonds is 14. The number of nitrogens with zero attached hydrogens (tertiary/aromatic N) is 1. The fourth-order valence-electron chi connectivity index (χ4n) is 3.06. The second kappa shape index (κ2) is 10.5. The fourth-order valence-corrected chi connectivity index (χ4v) is 3.06. The Bertz CT molecular complexity index is 987. The van der Waals surface area contributed by atoms with Gasteiger partial charge >= 0.3 is 59.5 Å². The highest BCUT2D eigenvalue weighted by atomic mass is 19.4. The molecular weight excluding hydrogens is 665 g/mol. The van der Waals surface area contributed by atoms with Crippen molar-refractivity contribution in [2.45, 2.75) is 72.0 Å². The Kier molecular flexibility index (Phi) is 10.0. The lowest BCUT2D eigenvalue weighted by atomic mass is 9.85. The fraction of sp³-hybridized carbons (Fsp3) is 0.941. The molecule has 0 radical (unpaired) electrons. The molecule has 0 saturated heterocycles. The average molecular weight is 679 g/mol. The van der Waals surface area contributed by atoms with Crippen LogP contribution in [-0.4, -0.2) is 108 Å². The molecule has 0 bridgehead atoms. The van der Waals surface area contributed by atoms with Gasteiger partial charge in [-0.05, 0) is 0 Å². The first-order valence-electron chi connectivity index (χ1n) is 9.94. The molecule has 0 saturated carbocycles. The molecule has 1 unspecified atom stereocenters. The van der Waals surface area contributed by atoms with Crippen LogP contribution < -0.4 is 5.11 Å². The molecule has 1 N–H and O–H groups in total. The van der Waals surface area contributed by atoms with Crippen LogP contribution in [0.2, 0.25) is 0 Å². The van der Waals surface area contributed by atoms with E-state index in [1.54, 1.807) is 0 Å². The van der Waals surface area contributed by atoms with Crippen LogP contribution in [-0.2, 0) is 4.79 Å². The summed E-state index contributed by atoms with van der Waals surface area (Å²) in [6.45, 7) is -2.73. The van der Waals surface area contributed by atoms with Gasteiger partial charge in [0.05, 0.1) is 20.1 Å². The number of alkyl halides is 21. The van der Waals surface area contributed by atoms with Crippen molar-refractivity contribution in [2.75, 3.05) is 27.2 Å². The lowest BCUT2D eigenvalue weighted by Gasteiger charge is -2.44. The molecule has 0 fully saturated rings. The SMILES string of the molecule is C[N+](C)(CC(=O)[O-])CC(O)CC(F)(F)C(F)(F)C(F)(F)C(F)(F)C(F)(F)C(F)(F)C(F)(F)C(F)(F)C(F)(F)C(F)(F)F. The molecule has 42 heavy (non-hydrogen) atoms. The summed E-state index contributed by atoms with van der Waals surface area (Å²) in [6, 6.07) is 0. The number of aliphatic hydroxyl groups excluding tert-OH is 1. The van der Waals surface area contributed by atoms with E-state index in [1.165, 1.54) is 0 Å². The zero-order valence-electron chi connectivity index (χ0n) is 19.8. The molecule has 0 spiro atoms. The summed E-state index contributed by atoms with van der Waals surface area (Å²) in [4.78, 5) is 10.5. The molecule has 0 rings (SSSR count). The quantitative estimate of drug-likeness (QED) is 0.211. The van der Waals surface area contributed by atoms with Gasteiger partial charge in [-0.25, -0.2) is 0 Å². The molecule has 0 aliphatic heterocycles. The lowest BCUT2D eigenvalue weighted by Crippen LogP contribution is -2.76. The zero-order chi connectivity index (χ0) is 34.8. The maximum atomic E-state index is 13.9. The molecule has 0 aliphatic rings. The Morgan fingerprint density at radius 1 is 0.571 bits per heavy atom. The zero-order valence-corrected chi connectivity index (χ0v) is 19.8. The summed E-state index contributed by atoms with van der Waals surface area (Å²) in [7, 11) is 1.41. The Balaban J connectivity index is 6.83. The predicted molar refractivity (Wildman–Crippen MR) is 88.1 cm³/mol. The van der Waals surface area contributed by atoms with Gasteiger partial charge in [0.15, 0.2) is 0 Å². The van der Waals surface area contributed by atoms with Gasteiger partial charge in [-0.3, -0.25) is 0 Å². The minimum absolute atomic E-state index is 0.707. The van der Waals surface area contributed by atoms with E-state index in [1.807, 2.05) is 0 Å². The van der Waals surface area contributed by atoms with E-state index in [-0.39, 0.29) is 0 Å². The van der Waals surface area contributed by atoms with E-state index in [4.69, 9.17) is 0 Å². The van der Waals surface area contributed by atoms with E-state index in [9.17, 15) is 107 Å². The van der Waals surface area contributed by atoms with Crippen LogP contribution >= 0.6 is 0 Å². The number of aliphatic carboxylic acids is 1. The molecule has 0 aliphatic carbocycles. The number of hydrogen-bond donors (Lipinski definition) is 1. The van der Waals surface area contributed by atoms with Gasteiger partial charge < -0.3 is 19.5 Å². The molecule has 0 amide bonds. The van der Waals surface area contributed by atoms with E-state index in [0.29, 0.717) is 14.1 Å². The third-order valence-electron chi connectivity index (χ3n) is 5.33. The summed E-state index contributed by atoms with van der Waals surface area (Å²) < 4.78 is 279. The number of aliphatic hydroxyl groups is 1. The topological polar surface area (TPSA) is 60.4 Å². The number of quaternary nitrogens is 1. The van der Waals surface area contributed by atoms with Crippen molar-refractivity contribution in [2.24, 2.45) is 0 Å². The first kappa shape index (κ1) is 39.9. The first-order valence-corrected chi connectivity index (χ1v) is 9.94. The monoisotopic (exact) mass is 679 g/mol. The molecule has 0 aromatic carbocycles. The van der Waals surface area contributed by atoms with Crippen molar-refractivity contribution >= 4 is 5.97 Å². The number of carbonyl (C=O) groups is 1. The van der Waals surface area contributed by atoms with Crippen LogP contribution in [0.1, 0.15) is 6.42 Å². The van der Waals surface area contributed by atoms with Gasteiger partial charge in [0, 0.05) is 6.42 Å². The molecule has 0 heterocycles. The smallest absolute Gasteiger partial charge is 0.460 e. The number of carboxylic acids is 1. The highest BCUT2D eigenvalue weighted by Gasteiger charge is 2.97. The van der Waals surface area contributed by atoms with Crippen molar-refractivity contribution in [3.05, 3.63) is 0 Å². The second-order valence-electron chi connectivity index (χ2n) is 9.30. The molecule has 252 valence electrons. The average Bonchev–Trinajstić information content (AvgIpc) is 2.69. The third kappa shape index (κ3) is 5.86. The standard InChI is InChI=1S/C17H14F21NO3/c1-39(2,5-7(41)42)4-6(40)3-8(18,19)9(20,21)10(22,23)11(24,25)12(26,27)13(28,29)14(30,31)15(32,33)16(34,35)17(36,37)38/h6,40H,3-5H2,1-2H3. The maximum Gasteiger partial charge on any atom is 0.460 e. The maximum absolute atomic E-state index is 13.9. The minimum atomic E-state index is -9.26. The van der Waals surface area contributed by atoms with Crippen LogP contribution in [0.4, 0.5) is 92.2 Å². The predicted octanol–water partition coefficient (Wildman–Crippen LogP) is 4.84. The minimum Gasteiger partial charge on any atom is -0.544 e. The van der Waals surface area contributed by atoms with E-state index >= 15 is 0 Å². The molecular formula is C17H14F21NO3. The largest absolute Gasteiger partial charge is 0.544 e. The summed E-state index contributed by atoms with van der Waals surface area (Å²) in [5.41, 5.74) is 0. The highest BCUT2D eigenvalue weighted by molar-refractivity contribution is 5.65. The van der Waals surface area contributed by atoms with E-state index < -0.39 is 95.5 Å².